The first kappa shape index (κ1) is 17.3. The van der Waals surface area contributed by atoms with Gasteiger partial charge in [-0.3, -0.25) is 4.79 Å². The number of aliphatic carboxylic acids is 1. The Morgan fingerprint density at radius 2 is 2.10 bits per heavy atom. The predicted octanol–water partition coefficient (Wildman–Crippen LogP) is 2.93. The smallest absolute Gasteiger partial charge is 0.326 e. The van der Waals surface area contributed by atoms with E-state index in [9.17, 15) is 9.59 Å². The molecule has 0 bridgehead atoms. The van der Waals surface area contributed by atoms with E-state index >= 15 is 0 Å². The lowest BCUT2D eigenvalue weighted by atomic mass is 10.1. The van der Waals surface area contributed by atoms with E-state index < -0.39 is 12.0 Å². The summed E-state index contributed by atoms with van der Waals surface area (Å²) >= 11 is 1.59. The second kappa shape index (κ2) is 8.52. The summed E-state index contributed by atoms with van der Waals surface area (Å²) in [5.74, 6) is -0.667. The number of amides is 1. The lowest BCUT2D eigenvalue weighted by Gasteiger charge is -2.12. The van der Waals surface area contributed by atoms with Crippen molar-refractivity contribution < 1.29 is 14.7 Å². The molecule has 0 aliphatic heterocycles. The van der Waals surface area contributed by atoms with E-state index in [0.29, 0.717) is 12.2 Å². The molecule has 21 heavy (non-hydrogen) atoms. The molecule has 0 saturated heterocycles. The van der Waals surface area contributed by atoms with Crippen molar-refractivity contribution in [3.05, 3.63) is 42.0 Å². The van der Waals surface area contributed by atoms with Crippen molar-refractivity contribution in [1.82, 2.24) is 5.32 Å². The van der Waals surface area contributed by atoms with Gasteiger partial charge in [0, 0.05) is 17.1 Å². The Hall–Kier alpha value is -1.75. The van der Waals surface area contributed by atoms with E-state index in [1.54, 1.807) is 11.8 Å². The number of benzene rings is 1. The quantitative estimate of drug-likeness (QED) is 0.572. The Balaban J connectivity index is 2.40. The van der Waals surface area contributed by atoms with Crippen LogP contribution in [0.15, 0.2) is 35.7 Å². The maximum Gasteiger partial charge on any atom is 0.326 e. The Morgan fingerprint density at radius 1 is 1.38 bits per heavy atom. The molecular weight excluding hydrogens is 286 g/mol. The molecule has 2 N–H and O–H groups in total. The average molecular weight is 307 g/mol. The number of carboxylic acid groups (broad SMARTS) is 1. The maximum absolute atomic E-state index is 11.7. The molecule has 0 aliphatic carbocycles. The van der Waals surface area contributed by atoms with E-state index in [1.165, 1.54) is 17.2 Å². The Kier molecular flexibility index (Phi) is 7.02. The standard InChI is InChI=1S/C16H21NO3S/c1-4-5-14(16(19)20)17-15(18)8-9-21-13-7-6-11(2)12(3)10-13/h4,6-7,10,14H,1,5,8-9H2,2-3H3,(H,17,18)(H,19,20). The van der Waals surface area contributed by atoms with Crippen molar-refractivity contribution in [1.29, 1.82) is 0 Å². The van der Waals surface area contributed by atoms with Crippen LogP contribution in [-0.4, -0.2) is 28.8 Å². The van der Waals surface area contributed by atoms with E-state index in [2.05, 4.69) is 37.9 Å². The molecule has 1 unspecified atom stereocenters. The lowest BCUT2D eigenvalue weighted by molar-refractivity contribution is -0.141. The minimum atomic E-state index is -1.04. The molecule has 0 radical (unpaired) electrons. The fourth-order valence-corrected chi connectivity index (χ4v) is 2.67. The van der Waals surface area contributed by atoms with Crippen LogP contribution in [0.5, 0.6) is 0 Å². The topological polar surface area (TPSA) is 66.4 Å². The Bertz CT molecular complexity index is 528. The summed E-state index contributed by atoms with van der Waals surface area (Å²) in [4.78, 5) is 23.8. The zero-order valence-corrected chi connectivity index (χ0v) is 13.2. The van der Waals surface area contributed by atoms with Gasteiger partial charge in [0.15, 0.2) is 0 Å². The molecule has 1 rings (SSSR count). The number of hydrogen-bond acceptors (Lipinski definition) is 3. The zero-order valence-electron chi connectivity index (χ0n) is 12.4. The van der Waals surface area contributed by atoms with Crippen molar-refractivity contribution in [3.8, 4) is 0 Å². The van der Waals surface area contributed by atoms with Crippen LogP contribution in [0.4, 0.5) is 0 Å². The van der Waals surface area contributed by atoms with Crippen molar-refractivity contribution in [3.63, 3.8) is 0 Å². The Labute approximate surface area is 129 Å². The van der Waals surface area contributed by atoms with Gasteiger partial charge in [-0.1, -0.05) is 12.1 Å². The average Bonchev–Trinajstić information content (AvgIpc) is 2.42. The van der Waals surface area contributed by atoms with Crippen LogP contribution in [0.3, 0.4) is 0 Å². The van der Waals surface area contributed by atoms with Crippen molar-refractivity contribution in [2.75, 3.05) is 5.75 Å². The number of nitrogens with one attached hydrogen (secondary N) is 1. The second-order valence-electron chi connectivity index (χ2n) is 4.83. The number of rotatable bonds is 8. The summed E-state index contributed by atoms with van der Waals surface area (Å²) in [7, 11) is 0. The number of aryl methyl sites for hydroxylation is 2. The first-order valence-electron chi connectivity index (χ1n) is 6.77. The SMILES string of the molecule is C=CCC(NC(=O)CCSc1ccc(C)c(C)c1)C(=O)O. The zero-order chi connectivity index (χ0) is 15.8. The monoisotopic (exact) mass is 307 g/mol. The van der Waals surface area contributed by atoms with E-state index in [4.69, 9.17) is 5.11 Å². The van der Waals surface area contributed by atoms with Crippen LogP contribution in [0, 0.1) is 13.8 Å². The molecule has 0 saturated carbocycles. The summed E-state index contributed by atoms with van der Waals surface area (Å²) in [5, 5.41) is 11.4. The number of carboxylic acids is 1. The van der Waals surface area contributed by atoms with Gasteiger partial charge in [0.05, 0.1) is 0 Å². The van der Waals surface area contributed by atoms with Gasteiger partial charge >= 0.3 is 5.97 Å². The summed E-state index contributed by atoms with van der Waals surface area (Å²) in [6.07, 6.45) is 2.01. The highest BCUT2D eigenvalue weighted by molar-refractivity contribution is 7.99. The van der Waals surface area contributed by atoms with E-state index in [0.717, 1.165) is 4.90 Å². The summed E-state index contributed by atoms with van der Waals surface area (Å²) in [6.45, 7) is 7.60. The highest BCUT2D eigenvalue weighted by atomic mass is 32.2. The van der Waals surface area contributed by atoms with Crippen molar-refractivity contribution in [2.45, 2.75) is 37.6 Å². The summed E-state index contributed by atoms with van der Waals surface area (Å²) in [5.41, 5.74) is 2.46. The second-order valence-corrected chi connectivity index (χ2v) is 6.00. The van der Waals surface area contributed by atoms with Crippen LogP contribution in [0.1, 0.15) is 24.0 Å². The molecule has 0 aliphatic rings. The first-order valence-corrected chi connectivity index (χ1v) is 7.75. The molecule has 1 aromatic rings. The molecule has 0 spiro atoms. The minimum absolute atomic E-state index is 0.228. The van der Waals surface area contributed by atoms with Gasteiger partial charge in [-0.15, -0.1) is 18.3 Å². The number of thioether (sulfide) groups is 1. The van der Waals surface area contributed by atoms with Gasteiger partial charge < -0.3 is 10.4 Å². The fourth-order valence-electron chi connectivity index (χ4n) is 1.72. The minimum Gasteiger partial charge on any atom is -0.480 e. The fraction of sp³-hybridized carbons (Fsp3) is 0.375. The third kappa shape index (κ3) is 6.04. The van der Waals surface area contributed by atoms with Gasteiger partial charge in [-0.2, -0.15) is 0 Å². The largest absolute Gasteiger partial charge is 0.480 e. The normalized spacial score (nSPS) is 11.7. The van der Waals surface area contributed by atoms with Crippen LogP contribution in [0.2, 0.25) is 0 Å². The lowest BCUT2D eigenvalue weighted by Crippen LogP contribution is -2.40. The van der Waals surface area contributed by atoms with E-state index in [1.807, 2.05) is 6.07 Å². The molecule has 1 aromatic carbocycles. The van der Waals surface area contributed by atoms with Gasteiger partial charge in [0.25, 0.3) is 0 Å². The maximum atomic E-state index is 11.7. The number of carbonyl (C=O) groups is 2. The van der Waals surface area contributed by atoms with Crippen LogP contribution in [-0.2, 0) is 9.59 Å². The van der Waals surface area contributed by atoms with E-state index in [-0.39, 0.29) is 12.3 Å². The molecular formula is C16H21NO3S. The molecule has 0 heterocycles. The van der Waals surface area contributed by atoms with Crippen molar-refractivity contribution in [2.24, 2.45) is 0 Å². The van der Waals surface area contributed by atoms with Gasteiger partial charge in [-0.05, 0) is 43.5 Å². The van der Waals surface area contributed by atoms with Crippen LogP contribution in [0.25, 0.3) is 0 Å². The predicted molar refractivity (Wildman–Crippen MR) is 85.6 cm³/mol. The Morgan fingerprint density at radius 3 is 2.67 bits per heavy atom. The highest BCUT2D eigenvalue weighted by Crippen LogP contribution is 2.21. The molecule has 0 aromatic heterocycles. The molecule has 5 heteroatoms. The molecule has 4 nitrogen and oxygen atoms in total. The number of hydrogen-bond donors (Lipinski definition) is 2. The van der Waals surface area contributed by atoms with Gasteiger partial charge in [0.1, 0.15) is 6.04 Å². The van der Waals surface area contributed by atoms with Gasteiger partial charge in [0.2, 0.25) is 5.91 Å². The molecule has 1 amide bonds. The third-order valence-corrected chi connectivity index (χ3v) is 4.11. The van der Waals surface area contributed by atoms with Crippen LogP contribution < -0.4 is 5.32 Å². The summed E-state index contributed by atoms with van der Waals surface area (Å²) < 4.78 is 0. The molecule has 0 fully saturated rings. The van der Waals surface area contributed by atoms with Crippen molar-refractivity contribution >= 4 is 23.6 Å². The van der Waals surface area contributed by atoms with Crippen LogP contribution >= 0.6 is 11.8 Å². The summed E-state index contributed by atoms with van der Waals surface area (Å²) in [6, 6.07) is 5.29. The number of carbonyl (C=O) groups excluding carboxylic acids is 1. The first-order chi connectivity index (χ1) is 9.93. The molecule has 114 valence electrons. The third-order valence-electron chi connectivity index (χ3n) is 3.11. The van der Waals surface area contributed by atoms with Gasteiger partial charge in [-0.25, -0.2) is 4.79 Å². The highest BCUT2D eigenvalue weighted by Gasteiger charge is 2.17. The molecule has 1 atom stereocenters.